The zero-order valence-corrected chi connectivity index (χ0v) is 9.18. The zero-order valence-electron chi connectivity index (χ0n) is 9.18. The average Bonchev–Trinajstić information content (AvgIpc) is 2.69. The molecule has 5 heteroatoms. The number of amides is 1. The molecule has 0 unspecified atom stereocenters. The van der Waals surface area contributed by atoms with E-state index in [2.05, 4.69) is 5.32 Å². The largest absolute Gasteiger partial charge is 0.399 e. The van der Waals surface area contributed by atoms with E-state index in [1.54, 1.807) is 6.07 Å². The molecule has 0 saturated carbocycles. The number of nitrogens with two attached hydrogens (primary N) is 1. The minimum Gasteiger partial charge on any atom is -0.399 e. The monoisotopic (exact) mass is 228 g/mol. The molecule has 0 radical (unpaired) electrons. The maximum Gasteiger partial charge on any atom is 0.240 e. The molecular weight excluding hydrogens is 216 g/mol. The Morgan fingerprint density at radius 1 is 1.47 bits per heavy atom. The minimum absolute atomic E-state index is 0.0327. The molecule has 1 aromatic carbocycles. The lowest BCUT2D eigenvalue weighted by Gasteiger charge is -2.05. The van der Waals surface area contributed by atoms with Crippen LogP contribution < -0.4 is 11.1 Å². The molecule has 5 nitrogen and oxygen atoms in total. The summed E-state index contributed by atoms with van der Waals surface area (Å²) in [4.78, 5) is 11.5. The van der Waals surface area contributed by atoms with Crippen molar-refractivity contribution in [1.82, 2.24) is 9.88 Å². The standard InChI is InChI=1S/C12H12N4O/c13-4-5-15-12(17)8-16-6-3-9-7-10(14)1-2-11(9)16/h1-3,6-7H,5,8,14H2,(H,15,17). The lowest BCUT2D eigenvalue weighted by Crippen LogP contribution is -2.27. The van der Waals surface area contributed by atoms with Gasteiger partial charge in [-0.15, -0.1) is 0 Å². The summed E-state index contributed by atoms with van der Waals surface area (Å²) in [6.07, 6.45) is 1.83. The van der Waals surface area contributed by atoms with E-state index in [4.69, 9.17) is 11.0 Å². The van der Waals surface area contributed by atoms with Crippen molar-refractivity contribution in [2.45, 2.75) is 6.54 Å². The van der Waals surface area contributed by atoms with E-state index in [1.807, 2.05) is 35.0 Å². The van der Waals surface area contributed by atoms with E-state index in [0.717, 1.165) is 10.9 Å². The lowest BCUT2D eigenvalue weighted by atomic mass is 10.2. The molecule has 1 amide bonds. The summed E-state index contributed by atoms with van der Waals surface area (Å²) in [6, 6.07) is 9.31. The van der Waals surface area contributed by atoms with Gasteiger partial charge in [-0.3, -0.25) is 4.79 Å². The lowest BCUT2D eigenvalue weighted by molar-refractivity contribution is -0.121. The van der Waals surface area contributed by atoms with E-state index in [0.29, 0.717) is 5.69 Å². The topological polar surface area (TPSA) is 83.8 Å². The third-order valence-corrected chi connectivity index (χ3v) is 2.47. The summed E-state index contributed by atoms with van der Waals surface area (Å²) in [5.74, 6) is -0.180. The molecule has 0 fully saturated rings. The van der Waals surface area contributed by atoms with Gasteiger partial charge in [0.15, 0.2) is 0 Å². The van der Waals surface area contributed by atoms with Crippen LogP contribution in [-0.2, 0) is 11.3 Å². The number of nitrogens with zero attached hydrogens (tertiary/aromatic N) is 2. The molecule has 1 heterocycles. The first-order valence-electron chi connectivity index (χ1n) is 5.19. The smallest absolute Gasteiger partial charge is 0.240 e. The highest BCUT2D eigenvalue weighted by molar-refractivity contribution is 5.85. The maximum absolute atomic E-state index is 11.5. The summed E-state index contributed by atoms with van der Waals surface area (Å²) >= 11 is 0. The van der Waals surface area contributed by atoms with Crippen molar-refractivity contribution in [2.75, 3.05) is 12.3 Å². The normalized spacial score (nSPS) is 10.1. The number of nitriles is 1. The predicted molar refractivity (Wildman–Crippen MR) is 65.0 cm³/mol. The highest BCUT2D eigenvalue weighted by Gasteiger charge is 2.05. The van der Waals surface area contributed by atoms with Crippen LogP contribution in [0.2, 0.25) is 0 Å². The number of anilines is 1. The van der Waals surface area contributed by atoms with E-state index < -0.39 is 0 Å². The van der Waals surface area contributed by atoms with Gasteiger partial charge in [0.05, 0.1) is 6.07 Å². The second kappa shape index (κ2) is 4.58. The van der Waals surface area contributed by atoms with Gasteiger partial charge < -0.3 is 15.6 Å². The number of hydrogen-bond acceptors (Lipinski definition) is 3. The van der Waals surface area contributed by atoms with Gasteiger partial charge in [-0.1, -0.05) is 0 Å². The maximum atomic E-state index is 11.5. The Morgan fingerprint density at radius 2 is 2.29 bits per heavy atom. The molecule has 2 aromatic rings. The fraction of sp³-hybridized carbons (Fsp3) is 0.167. The van der Waals surface area contributed by atoms with Crippen LogP contribution in [0, 0.1) is 11.3 Å². The average molecular weight is 228 g/mol. The van der Waals surface area contributed by atoms with Crippen LogP contribution in [0.1, 0.15) is 0 Å². The summed E-state index contributed by atoms with van der Waals surface area (Å²) in [7, 11) is 0. The Morgan fingerprint density at radius 3 is 3.06 bits per heavy atom. The van der Waals surface area contributed by atoms with Gasteiger partial charge in [0.25, 0.3) is 0 Å². The number of fused-ring (bicyclic) bond motifs is 1. The van der Waals surface area contributed by atoms with Gasteiger partial charge in [0, 0.05) is 22.8 Å². The third-order valence-electron chi connectivity index (χ3n) is 2.47. The SMILES string of the molecule is N#CCNC(=O)Cn1ccc2cc(N)ccc21. The quantitative estimate of drug-likeness (QED) is 0.603. The molecule has 17 heavy (non-hydrogen) atoms. The van der Waals surface area contributed by atoms with Crippen LogP contribution in [0.3, 0.4) is 0 Å². The van der Waals surface area contributed by atoms with Crippen LogP contribution in [0.25, 0.3) is 10.9 Å². The van der Waals surface area contributed by atoms with Gasteiger partial charge in [-0.05, 0) is 24.3 Å². The third kappa shape index (κ3) is 2.37. The fourth-order valence-corrected chi connectivity index (χ4v) is 1.71. The van der Waals surface area contributed by atoms with E-state index >= 15 is 0 Å². The fourth-order valence-electron chi connectivity index (χ4n) is 1.71. The highest BCUT2D eigenvalue weighted by atomic mass is 16.1. The van der Waals surface area contributed by atoms with Gasteiger partial charge in [-0.2, -0.15) is 5.26 Å². The van der Waals surface area contributed by atoms with Crippen molar-refractivity contribution in [3.8, 4) is 6.07 Å². The van der Waals surface area contributed by atoms with Gasteiger partial charge >= 0.3 is 0 Å². The first kappa shape index (κ1) is 11.0. The molecule has 0 aliphatic rings. The first-order valence-corrected chi connectivity index (χ1v) is 5.19. The van der Waals surface area contributed by atoms with Crippen molar-refractivity contribution >= 4 is 22.5 Å². The predicted octanol–water partition coefficient (Wildman–Crippen LogP) is 0.863. The number of hydrogen-bond donors (Lipinski definition) is 2. The van der Waals surface area contributed by atoms with Gasteiger partial charge in [-0.25, -0.2) is 0 Å². The van der Waals surface area contributed by atoms with Crippen LogP contribution in [-0.4, -0.2) is 17.0 Å². The summed E-state index contributed by atoms with van der Waals surface area (Å²) in [5.41, 5.74) is 7.32. The van der Waals surface area contributed by atoms with Crippen LogP contribution in [0.15, 0.2) is 30.5 Å². The van der Waals surface area contributed by atoms with Gasteiger partial charge in [0.1, 0.15) is 13.1 Å². The number of carbonyl (C=O) groups excluding carboxylic acids is 1. The highest BCUT2D eigenvalue weighted by Crippen LogP contribution is 2.18. The van der Waals surface area contributed by atoms with Crippen molar-refractivity contribution in [1.29, 1.82) is 5.26 Å². The number of carbonyl (C=O) groups is 1. The second-order valence-corrected chi connectivity index (χ2v) is 3.70. The number of nitrogen functional groups attached to an aromatic ring is 1. The summed E-state index contributed by atoms with van der Waals surface area (Å²) in [5, 5.41) is 11.9. The molecule has 3 N–H and O–H groups in total. The second-order valence-electron chi connectivity index (χ2n) is 3.70. The molecule has 0 atom stereocenters. The van der Waals surface area contributed by atoms with E-state index in [9.17, 15) is 4.79 Å². The molecule has 86 valence electrons. The molecule has 1 aromatic heterocycles. The van der Waals surface area contributed by atoms with Crippen LogP contribution in [0.5, 0.6) is 0 Å². The number of benzene rings is 1. The molecule has 0 aliphatic carbocycles. The molecule has 0 saturated heterocycles. The number of aromatic nitrogens is 1. The molecule has 0 spiro atoms. The Kier molecular flexibility index (Phi) is 2.97. The first-order chi connectivity index (χ1) is 8.20. The Balaban J connectivity index is 2.20. The summed E-state index contributed by atoms with van der Waals surface area (Å²) in [6.45, 7) is 0.236. The molecule has 0 aliphatic heterocycles. The minimum atomic E-state index is -0.180. The Bertz CT molecular complexity index is 594. The number of nitrogens with one attached hydrogen (secondary N) is 1. The van der Waals surface area contributed by atoms with Crippen molar-refractivity contribution in [2.24, 2.45) is 0 Å². The van der Waals surface area contributed by atoms with Crippen molar-refractivity contribution in [3.63, 3.8) is 0 Å². The van der Waals surface area contributed by atoms with Crippen LogP contribution in [0.4, 0.5) is 5.69 Å². The van der Waals surface area contributed by atoms with E-state index in [1.165, 1.54) is 0 Å². The van der Waals surface area contributed by atoms with Gasteiger partial charge in [0.2, 0.25) is 5.91 Å². The Hall–Kier alpha value is -2.48. The summed E-state index contributed by atoms with van der Waals surface area (Å²) < 4.78 is 1.82. The van der Waals surface area contributed by atoms with E-state index in [-0.39, 0.29) is 19.0 Å². The molecule has 0 bridgehead atoms. The van der Waals surface area contributed by atoms with Crippen LogP contribution >= 0.6 is 0 Å². The van der Waals surface area contributed by atoms with Crippen molar-refractivity contribution < 1.29 is 4.79 Å². The Labute approximate surface area is 98.4 Å². The van der Waals surface area contributed by atoms with Crippen molar-refractivity contribution in [3.05, 3.63) is 30.5 Å². The molecule has 2 rings (SSSR count). The number of rotatable bonds is 3. The molecular formula is C12H12N4O. The zero-order chi connectivity index (χ0) is 12.3.